The van der Waals surface area contributed by atoms with Crippen LogP contribution in [0.25, 0.3) is 0 Å². The van der Waals surface area contributed by atoms with Gasteiger partial charge in [-0.25, -0.2) is 4.98 Å². The van der Waals surface area contributed by atoms with Crippen molar-refractivity contribution in [1.82, 2.24) is 25.1 Å². The zero-order chi connectivity index (χ0) is 29.3. The van der Waals surface area contributed by atoms with Crippen molar-refractivity contribution in [3.05, 3.63) is 71.8 Å². The standard InChI is InChI=1S/C31H39N5O6/c1-39-14-13-36-21-32-17-24(36)18-35-12-11-27-26(19-35)34-31(38)20-41-28-9-5-22(15-29(28)40-2)6-10-30(37)33-16-23-3-7-25(42-27)8-4-23/h3-5,7-9,15,17,21,26-27H,6,10-14,16,18-20H2,1-2H3,(H,33,37)(H,34,38)/t26-,27-/m1/s1. The summed E-state index contributed by atoms with van der Waals surface area (Å²) >= 11 is 0. The number of carbonyl (C=O) groups excluding carboxylic acids is 2. The van der Waals surface area contributed by atoms with Gasteiger partial charge in [-0.05, 0) is 48.2 Å². The number of aromatic nitrogens is 2. The zero-order valence-corrected chi connectivity index (χ0v) is 24.2. The molecule has 11 nitrogen and oxygen atoms in total. The highest BCUT2D eigenvalue weighted by Gasteiger charge is 2.32. The van der Waals surface area contributed by atoms with Gasteiger partial charge >= 0.3 is 0 Å². The van der Waals surface area contributed by atoms with Crippen molar-refractivity contribution in [2.45, 2.75) is 51.0 Å². The second-order valence-electron chi connectivity index (χ2n) is 10.6. The topological polar surface area (TPSA) is 116 Å². The molecule has 2 atom stereocenters. The first-order valence-electron chi connectivity index (χ1n) is 14.3. The predicted octanol–water partition coefficient (Wildman–Crippen LogP) is 2.32. The average molecular weight is 578 g/mol. The van der Waals surface area contributed by atoms with Gasteiger partial charge in [0.1, 0.15) is 11.9 Å². The predicted molar refractivity (Wildman–Crippen MR) is 155 cm³/mol. The molecule has 0 aliphatic carbocycles. The molecule has 0 spiro atoms. The number of amides is 2. The van der Waals surface area contributed by atoms with Crippen molar-refractivity contribution in [3.8, 4) is 17.2 Å². The molecule has 2 N–H and O–H groups in total. The molecule has 2 amide bonds. The van der Waals surface area contributed by atoms with E-state index in [1.165, 1.54) is 0 Å². The average Bonchev–Trinajstić information content (AvgIpc) is 3.45. The van der Waals surface area contributed by atoms with E-state index in [9.17, 15) is 9.59 Å². The normalized spacial score (nSPS) is 20.1. The highest BCUT2D eigenvalue weighted by atomic mass is 16.5. The smallest absolute Gasteiger partial charge is 0.258 e. The van der Waals surface area contributed by atoms with E-state index in [2.05, 4.69) is 25.1 Å². The van der Waals surface area contributed by atoms with Crippen molar-refractivity contribution in [2.75, 3.05) is 40.5 Å². The summed E-state index contributed by atoms with van der Waals surface area (Å²) in [5.41, 5.74) is 3.02. The molecular formula is C31H39N5O6. The van der Waals surface area contributed by atoms with Crippen LogP contribution in [-0.4, -0.2) is 78.9 Å². The largest absolute Gasteiger partial charge is 0.493 e. The maximum absolute atomic E-state index is 13.2. The van der Waals surface area contributed by atoms with Crippen molar-refractivity contribution < 1.29 is 28.5 Å². The molecule has 42 heavy (non-hydrogen) atoms. The van der Waals surface area contributed by atoms with Crippen molar-refractivity contribution in [1.29, 1.82) is 0 Å². The van der Waals surface area contributed by atoms with Gasteiger partial charge in [-0.15, -0.1) is 0 Å². The van der Waals surface area contributed by atoms with Gasteiger partial charge in [-0.3, -0.25) is 14.5 Å². The Morgan fingerprint density at radius 2 is 1.88 bits per heavy atom. The minimum atomic E-state index is -0.265. The third kappa shape index (κ3) is 7.80. The Balaban J connectivity index is 1.33. The van der Waals surface area contributed by atoms with E-state index in [0.717, 1.165) is 42.1 Å². The number of hydrogen-bond acceptors (Lipinski definition) is 8. The highest BCUT2D eigenvalue weighted by Crippen LogP contribution is 2.29. The number of carbonyl (C=O) groups is 2. The van der Waals surface area contributed by atoms with Gasteiger partial charge in [0.05, 0.1) is 31.8 Å². The number of hydrogen-bond donors (Lipinski definition) is 2. The van der Waals surface area contributed by atoms with Crippen LogP contribution in [0.1, 0.15) is 29.7 Å². The number of piperidine rings is 1. The summed E-state index contributed by atoms with van der Waals surface area (Å²) in [5.74, 6) is 1.43. The summed E-state index contributed by atoms with van der Waals surface area (Å²) < 4.78 is 25.1. The number of imidazole rings is 1. The summed E-state index contributed by atoms with van der Waals surface area (Å²) in [6.07, 6.45) is 5.10. The third-order valence-electron chi connectivity index (χ3n) is 7.63. The van der Waals surface area contributed by atoms with E-state index in [1.54, 1.807) is 20.3 Å². The van der Waals surface area contributed by atoms with E-state index in [-0.39, 0.29) is 30.6 Å². The number of rotatable bonds is 6. The molecule has 6 heterocycles. The molecule has 4 bridgehead atoms. The Bertz CT molecular complexity index is 1340. The van der Waals surface area contributed by atoms with Crippen LogP contribution >= 0.6 is 0 Å². The van der Waals surface area contributed by atoms with E-state index in [4.69, 9.17) is 18.9 Å². The van der Waals surface area contributed by atoms with Crippen molar-refractivity contribution >= 4 is 11.8 Å². The number of benzene rings is 2. The monoisotopic (exact) mass is 577 g/mol. The molecule has 11 heteroatoms. The molecule has 5 aliphatic rings. The Hall–Kier alpha value is -4.09. The molecule has 0 saturated carbocycles. The van der Waals surface area contributed by atoms with Gasteiger partial charge in [0, 0.05) is 52.5 Å². The Morgan fingerprint density at radius 1 is 1.05 bits per heavy atom. The second kappa shape index (κ2) is 14.2. The van der Waals surface area contributed by atoms with Gasteiger partial charge in [-0.2, -0.15) is 0 Å². The van der Waals surface area contributed by atoms with Crippen LogP contribution in [0, 0.1) is 0 Å². The van der Waals surface area contributed by atoms with Crippen LogP contribution in [0.5, 0.6) is 17.2 Å². The first kappa shape index (κ1) is 29.4. The number of aryl methyl sites for hydroxylation is 1. The Labute approximate surface area is 246 Å². The number of nitrogens with zero attached hydrogens (tertiary/aromatic N) is 3. The fourth-order valence-electron chi connectivity index (χ4n) is 5.31. The summed E-state index contributed by atoms with van der Waals surface area (Å²) in [4.78, 5) is 32.2. The quantitative estimate of drug-likeness (QED) is 0.459. The van der Waals surface area contributed by atoms with E-state index in [1.807, 2.05) is 48.9 Å². The van der Waals surface area contributed by atoms with Crippen LogP contribution in [-0.2, 0) is 40.4 Å². The molecule has 5 aliphatic heterocycles. The van der Waals surface area contributed by atoms with Crippen molar-refractivity contribution in [2.24, 2.45) is 0 Å². The van der Waals surface area contributed by atoms with Crippen LogP contribution < -0.4 is 24.8 Å². The van der Waals surface area contributed by atoms with E-state index >= 15 is 0 Å². The van der Waals surface area contributed by atoms with Crippen LogP contribution in [0.4, 0.5) is 0 Å². The molecule has 8 rings (SSSR count). The lowest BCUT2D eigenvalue weighted by Gasteiger charge is -2.38. The lowest BCUT2D eigenvalue weighted by Crippen LogP contribution is -2.57. The SMILES string of the molecule is COCCn1cncc1CN1CC[C@H]2Oc3ccc(cc3)CNC(=O)CCc3ccc(c(OC)c3)OCC(=O)N[C@@H]2C1. The number of methoxy groups -OCH3 is 2. The summed E-state index contributed by atoms with van der Waals surface area (Å²) in [5, 5.41) is 6.15. The fourth-order valence-corrected chi connectivity index (χ4v) is 5.31. The first-order chi connectivity index (χ1) is 20.5. The van der Waals surface area contributed by atoms with Gasteiger partial charge in [-0.1, -0.05) is 18.2 Å². The molecule has 0 unspecified atom stereocenters. The Morgan fingerprint density at radius 3 is 2.69 bits per heavy atom. The molecule has 1 saturated heterocycles. The third-order valence-corrected chi connectivity index (χ3v) is 7.63. The van der Waals surface area contributed by atoms with Crippen LogP contribution in [0.15, 0.2) is 55.0 Å². The molecule has 1 aromatic heterocycles. The minimum absolute atomic E-state index is 0.0305. The minimum Gasteiger partial charge on any atom is -0.493 e. The fraction of sp³-hybridized carbons (Fsp3) is 0.452. The van der Waals surface area contributed by atoms with Gasteiger partial charge < -0.3 is 34.1 Å². The number of ether oxygens (including phenoxy) is 4. The summed E-state index contributed by atoms with van der Waals surface area (Å²) in [7, 11) is 3.24. The molecule has 1 fully saturated rings. The van der Waals surface area contributed by atoms with Gasteiger partial charge in [0.15, 0.2) is 18.1 Å². The molecular weight excluding hydrogens is 538 g/mol. The summed E-state index contributed by atoms with van der Waals surface area (Å²) in [6, 6.07) is 13.0. The lowest BCUT2D eigenvalue weighted by molar-refractivity contribution is -0.125. The van der Waals surface area contributed by atoms with E-state index < -0.39 is 0 Å². The van der Waals surface area contributed by atoms with Crippen LogP contribution in [0.3, 0.4) is 0 Å². The maximum Gasteiger partial charge on any atom is 0.258 e. The number of nitrogens with one attached hydrogen (secondary N) is 2. The zero-order valence-electron chi connectivity index (χ0n) is 24.2. The molecule has 3 aromatic rings. The molecule has 224 valence electrons. The molecule has 2 aromatic carbocycles. The van der Waals surface area contributed by atoms with Gasteiger partial charge in [0.2, 0.25) is 5.91 Å². The first-order valence-corrected chi connectivity index (χ1v) is 14.3. The van der Waals surface area contributed by atoms with Crippen LogP contribution in [0.2, 0.25) is 0 Å². The second-order valence-corrected chi connectivity index (χ2v) is 10.6. The lowest BCUT2D eigenvalue weighted by atomic mass is 10.0. The maximum atomic E-state index is 13.2. The highest BCUT2D eigenvalue weighted by molar-refractivity contribution is 5.78. The van der Waals surface area contributed by atoms with E-state index in [0.29, 0.717) is 50.6 Å². The summed E-state index contributed by atoms with van der Waals surface area (Å²) in [6.45, 7) is 3.71. The Kier molecular flexibility index (Phi) is 9.94. The molecule has 0 radical (unpaired) electrons. The van der Waals surface area contributed by atoms with Crippen molar-refractivity contribution in [3.63, 3.8) is 0 Å². The number of likely N-dealkylation sites (tertiary alicyclic amines) is 1. The van der Waals surface area contributed by atoms with Gasteiger partial charge in [0.25, 0.3) is 5.91 Å².